The van der Waals surface area contributed by atoms with Crippen molar-refractivity contribution in [1.82, 2.24) is 0 Å². The standard InChI is InChI=1S/C22H26O7.C6H10O5S/c1-5-18(23)27-13-22(7-3,14-28-19(24)6-2)15-29-21(26)16(4)20(25)17-11-9-8-10-12-17;1-5(2)6(7)11-3-4-12(8,9)10/h5-6,8-12,20,25H,1-2,4,7,13-15H2,3H3;1,3-4H2,2H3,(H,8,9,10)/p-1. The Balaban J connectivity index is 0.00000112. The summed E-state index contributed by atoms with van der Waals surface area (Å²) >= 11 is 0. The maximum Gasteiger partial charge on any atom is 0.336 e. The van der Waals surface area contributed by atoms with Crippen molar-refractivity contribution >= 4 is 34.0 Å². The Bertz CT molecular complexity index is 1180. The molecule has 0 aliphatic heterocycles. The average molecular weight is 596 g/mol. The number of rotatable bonds is 16. The monoisotopic (exact) mass is 595 g/mol. The Morgan fingerprint density at radius 2 is 1.41 bits per heavy atom. The maximum absolute atomic E-state index is 12.4. The molecule has 0 fully saturated rings. The summed E-state index contributed by atoms with van der Waals surface area (Å²) in [4.78, 5) is 45.9. The van der Waals surface area contributed by atoms with Gasteiger partial charge in [0.15, 0.2) is 0 Å². The van der Waals surface area contributed by atoms with Gasteiger partial charge < -0.3 is 28.6 Å². The van der Waals surface area contributed by atoms with Crippen LogP contribution in [0.5, 0.6) is 0 Å². The largest absolute Gasteiger partial charge is 0.748 e. The van der Waals surface area contributed by atoms with Gasteiger partial charge in [0.2, 0.25) is 0 Å². The number of carbonyl (C=O) groups is 4. The van der Waals surface area contributed by atoms with Crippen LogP contribution < -0.4 is 0 Å². The lowest BCUT2D eigenvalue weighted by Crippen LogP contribution is -2.39. The van der Waals surface area contributed by atoms with E-state index in [-0.39, 0.29) is 31.0 Å². The molecular weight excluding hydrogens is 560 g/mol. The van der Waals surface area contributed by atoms with Crippen LogP contribution in [-0.4, -0.2) is 74.1 Å². The molecular formula is C28H35O12S-. The third-order valence-corrected chi connectivity index (χ3v) is 5.92. The molecule has 0 aromatic heterocycles. The highest BCUT2D eigenvalue weighted by atomic mass is 32.2. The zero-order chi connectivity index (χ0) is 31.6. The van der Waals surface area contributed by atoms with Crippen molar-refractivity contribution in [2.45, 2.75) is 26.4 Å². The van der Waals surface area contributed by atoms with E-state index < -0.39 is 57.9 Å². The number of aliphatic hydroxyl groups excluding tert-OH is 1. The Morgan fingerprint density at radius 3 is 1.83 bits per heavy atom. The van der Waals surface area contributed by atoms with Gasteiger partial charge in [0.1, 0.15) is 32.5 Å². The molecule has 226 valence electrons. The number of hydrogen-bond donors (Lipinski definition) is 1. The molecule has 1 aromatic rings. The van der Waals surface area contributed by atoms with E-state index in [2.05, 4.69) is 31.1 Å². The summed E-state index contributed by atoms with van der Waals surface area (Å²) < 4.78 is 49.9. The molecule has 1 unspecified atom stereocenters. The lowest BCUT2D eigenvalue weighted by molar-refractivity contribution is -0.157. The molecule has 41 heavy (non-hydrogen) atoms. The highest BCUT2D eigenvalue weighted by molar-refractivity contribution is 7.85. The lowest BCUT2D eigenvalue weighted by atomic mass is 9.88. The van der Waals surface area contributed by atoms with Gasteiger partial charge in [-0.15, -0.1) is 0 Å². The van der Waals surface area contributed by atoms with Crippen LogP contribution in [0.25, 0.3) is 0 Å². The number of aliphatic hydroxyl groups is 1. The molecule has 0 heterocycles. The maximum atomic E-state index is 12.4. The van der Waals surface area contributed by atoms with Crippen molar-refractivity contribution in [3.05, 3.63) is 85.5 Å². The number of hydrogen-bond acceptors (Lipinski definition) is 12. The number of benzene rings is 1. The lowest BCUT2D eigenvalue weighted by Gasteiger charge is -2.31. The van der Waals surface area contributed by atoms with Crippen LogP contribution in [0.4, 0.5) is 0 Å². The van der Waals surface area contributed by atoms with E-state index in [0.717, 1.165) is 12.2 Å². The molecule has 0 radical (unpaired) electrons. The molecule has 0 saturated heterocycles. The molecule has 1 aromatic carbocycles. The zero-order valence-corrected chi connectivity index (χ0v) is 23.9. The van der Waals surface area contributed by atoms with Crippen LogP contribution >= 0.6 is 0 Å². The average Bonchev–Trinajstić information content (AvgIpc) is 2.95. The normalized spacial score (nSPS) is 11.4. The van der Waals surface area contributed by atoms with E-state index in [1.165, 1.54) is 6.92 Å². The fourth-order valence-electron chi connectivity index (χ4n) is 2.62. The van der Waals surface area contributed by atoms with Crippen molar-refractivity contribution in [3.63, 3.8) is 0 Å². The molecule has 0 spiro atoms. The molecule has 1 rings (SSSR count). The van der Waals surface area contributed by atoms with Crippen LogP contribution in [-0.2, 0) is 48.2 Å². The third kappa shape index (κ3) is 15.3. The SMILES string of the molecule is C=C(C)C(=O)OCCS(=O)(=O)[O-].C=CC(=O)OCC(CC)(COC(=O)C=C)COC(=O)C(=C)C(O)c1ccccc1. The van der Waals surface area contributed by atoms with Crippen LogP contribution in [0.15, 0.2) is 79.9 Å². The van der Waals surface area contributed by atoms with E-state index in [9.17, 15) is 37.3 Å². The predicted octanol–water partition coefficient (Wildman–Crippen LogP) is 2.33. The van der Waals surface area contributed by atoms with Crippen molar-refractivity contribution in [2.24, 2.45) is 5.41 Å². The molecule has 0 saturated carbocycles. The first-order chi connectivity index (χ1) is 19.1. The van der Waals surface area contributed by atoms with Crippen molar-refractivity contribution in [3.8, 4) is 0 Å². The zero-order valence-electron chi connectivity index (χ0n) is 23.0. The summed E-state index contributed by atoms with van der Waals surface area (Å²) in [6.45, 7) is 15.7. The van der Waals surface area contributed by atoms with E-state index >= 15 is 0 Å². The van der Waals surface area contributed by atoms with Crippen LogP contribution in [0.3, 0.4) is 0 Å². The minimum absolute atomic E-state index is 0.146. The first-order valence-electron chi connectivity index (χ1n) is 12.0. The first-order valence-corrected chi connectivity index (χ1v) is 13.6. The Hall–Kier alpha value is -4.07. The van der Waals surface area contributed by atoms with E-state index in [1.807, 2.05) is 0 Å². The molecule has 0 aliphatic rings. The molecule has 12 nitrogen and oxygen atoms in total. The summed E-state index contributed by atoms with van der Waals surface area (Å²) in [5.74, 6) is -3.53. The molecule has 0 bridgehead atoms. The van der Waals surface area contributed by atoms with Gasteiger partial charge in [-0.25, -0.2) is 27.6 Å². The van der Waals surface area contributed by atoms with Crippen molar-refractivity contribution < 1.29 is 56.2 Å². The molecule has 1 N–H and O–H groups in total. The van der Waals surface area contributed by atoms with Crippen molar-refractivity contribution in [2.75, 3.05) is 32.2 Å². The van der Waals surface area contributed by atoms with Gasteiger partial charge in [-0.2, -0.15) is 0 Å². The summed E-state index contributed by atoms with van der Waals surface area (Å²) in [6.07, 6.45) is 1.14. The summed E-state index contributed by atoms with van der Waals surface area (Å²) in [6, 6.07) is 8.54. The van der Waals surface area contributed by atoms with Gasteiger partial charge >= 0.3 is 23.9 Å². The first kappa shape index (κ1) is 36.9. The third-order valence-electron chi connectivity index (χ3n) is 5.26. The van der Waals surface area contributed by atoms with Gasteiger partial charge in [0.25, 0.3) is 0 Å². The summed E-state index contributed by atoms with van der Waals surface area (Å²) in [7, 11) is -4.30. The molecule has 0 aliphatic carbocycles. The second kappa shape index (κ2) is 18.3. The topological polar surface area (TPSA) is 183 Å². The predicted molar refractivity (Wildman–Crippen MR) is 147 cm³/mol. The minimum Gasteiger partial charge on any atom is -0.748 e. The van der Waals surface area contributed by atoms with Gasteiger partial charge in [-0.3, -0.25) is 0 Å². The van der Waals surface area contributed by atoms with Gasteiger partial charge in [-0.1, -0.05) is 63.6 Å². The fourth-order valence-corrected chi connectivity index (χ4v) is 2.90. The molecule has 1 atom stereocenters. The summed E-state index contributed by atoms with van der Waals surface area (Å²) in [5, 5.41) is 10.3. The van der Waals surface area contributed by atoms with Crippen LogP contribution in [0, 0.1) is 5.41 Å². The molecule has 13 heteroatoms. The van der Waals surface area contributed by atoms with Gasteiger partial charge in [0, 0.05) is 17.7 Å². The Labute approximate surface area is 239 Å². The smallest absolute Gasteiger partial charge is 0.336 e. The van der Waals surface area contributed by atoms with Crippen molar-refractivity contribution in [1.29, 1.82) is 0 Å². The Morgan fingerprint density at radius 1 is 0.927 bits per heavy atom. The minimum atomic E-state index is -4.30. The second-order valence-electron chi connectivity index (χ2n) is 8.57. The van der Waals surface area contributed by atoms with Crippen LogP contribution in [0.2, 0.25) is 0 Å². The molecule has 0 amide bonds. The Kier molecular flexibility index (Phi) is 16.5. The number of esters is 4. The van der Waals surface area contributed by atoms with Gasteiger partial charge in [-0.05, 0) is 18.9 Å². The van der Waals surface area contributed by atoms with E-state index in [0.29, 0.717) is 12.0 Å². The van der Waals surface area contributed by atoms with E-state index in [1.54, 1.807) is 37.3 Å². The van der Waals surface area contributed by atoms with Crippen LogP contribution in [0.1, 0.15) is 31.9 Å². The fraction of sp³-hybridized carbons (Fsp3) is 0.357. The number of carbonyl (C=O) groups excluding carboxylic acids is 4. The quantitative estimate of drug-likeness (QED) is 0.128. The summed E-state index contributed by atoms with van der Waals surface area (Å²) in [5.41, 5.74) is -0.466. The van der Waals surface area contributed by atoms with Gasteiger partial charge in [0.05, 0.1) is 26.9 Å². The second-order valence-corrected chi connectivity index (χ2v) is 10.1. The van der Waals surface area contributed by atoms with E-state index in [4.69, 9.17) is 14.2 Å². The highest BCUT2D eigenvalue weighted by Gasteiger charge is 2.34. The number of ether oxygens (including phenoxy) is 4. The highest BCUT2D eigenvalue weighted by Crippen LogP contribution is 2.26.